The number of carbonyl (C=O) groups excluding carboxylic acids is 1. The number of aliphatic hydroxyl groups is 1. The fraction of sp³-hybridized carbons (Fsp3) is 0.607. The molecule has 1 aromatic rings. The maximum atomic E-state index is 11.7. The lowest BCUT2D eigenvalue weighted by Gasteiger charge is -2.16. The Morgan fingerprint density at radius 3 is 2.68 bits per heavy atom. The molecule has 0 saturated heterocycles. The van der Waals surface area contributed by atoms with Gasteiger partial charge in [0.15, 0.2) is 0 Å². The minimum Gasteiger partial charge on any atom is -0.493 e. The van der Waals surface area contributed by atoms with E-state index in [0.29, 0.717) is 43.4 Å². The average Bonchev–Trinajstić information content (AvgIpc) is 3.28. The second-order valence-electron chi connectivity index (χ2n) is 9.10. The maximum Gasteiger partial charge on any atom is 0.294 e. The first kappa shape index (κ1) is 32.4. The Balaban J connectivity index is 0.000000370. The normalized spacial score (nSPS) is 17.0. The van der Waals surface area contributed by atoms with Crippen LogP contribution in [0.1, 0.15) is 71.1 Å². The highest BCUT2D eigenvalue weighted by Gasteiger charge is 2.19. The average molecular weight is 539 g/mol. The molecule has 0 heterocycles. The number of aliphatic hydroxyl groups excluding tert-OH is 1. The number of hydrogen-bond acceptors (Lipinski definition) is 6. The Morgan fingerprint density at radius 2 is 2.00 bits per heavy atom. The largest absolute Gasteiger partial charge is 0.493 e. The summed E-state index contributed by atoms with van der Waals surface area (Å²) in [5.74, 6) is 1.48. The first-order valence-corrected chi connectivity index (χ1v) is 13.6. The van der Waals surface area contributed by atoms with Gasteiger partial charge in [-0.15, -0.1) is 10.1 Å². The molecule has 1 aromatic carbocycles. The highest BCUT2D eigenvalue weighted by molar-refractivity contribution is 6.30. The van der Waals surface area contributed by atoms with Crippen LogP contribution in [0.25, 0.3) is 0 Å². The standard InChI is InChI=1S/C15H19ClO2.C13H24N2O4/c16-13-5-3-6-15(11-13)18-9-2-1-4-12-7-8-14(17)10-12;1-3-4-5-6-7-10-13(16)14(2)11-8-9-12-19-15(17)18/h1,3-6,11-12,14,17H,2,7-10H2;4-5H,3,6-12H2,1-2H3/b4-1+;5-4-/t12?,14-;/m0./s1. The van der Waals surface area contributed by atoms with Gasteiger partial charge in [-0.3, -0.25) is 4.79 Å². The number of carbonyl (C=O) groups is 1. The molecule has 1 saturated carbocycles. The fourth-order valence-electron chi connectivity index (χ4n) is 3.82. The Bertz CT molecular complexity index is 833. The first-order valence-electron chi connectivity index (χ1n) is 13.2. The summed E-state index contributed by atoms with van der Waals surface area (Å²) < 4.78 is 5.59. The number of amides is 1. The van der Waals surface area contributed by atoms with Crippen molar-refractivity contribution in [1.29, 1.82) is 0 Å². The molecule has 2 atom stereocenters. The van der Waals surface area contributed by atoms with Crippen LogP contribution in [0.3, 0.4) is 0 Å². The molecule has 0 aliphatic heterocycles. The smallest absolute Gasteiger partial charge is 0.294 e. The molecule has 1 aliphatic rings. The summed E-state index contributed by atoms with van der Waals surface area (Å²) in [7, 11) is 1.76. The van der Waals surface area contributed by atoms with Crippen LogP contribution in [0, 0.1) is 16.0 Å². The third-order valence-electron chi connectivity index (χ3n) is 5.88. The zero-order valence-electron chi connectivity index (χ0n) is 22.2. The predicted molar refractivity (Wildman–Crippen MR) is 147 cm³/mol. The van der Waals surface area contributed by atoms with Gasteiger partial charge in [-0.25, -0.2) is 0 Å². The second kappa shape index (κ2) is 20.5. The van der Waals surface area contributed by atoms with E-state index in [1.165, 1.54) is 0 Å². The van der Waals surface area contributed by atoms with E-state index in [0.717, 1.165) is 50.7 Å². The van der Waals surface area contributed by atoms with Crippen molar-refractivity contribution in [2.75, 3.05) is 26.8 Å². The summed E-state index contributed by atoms with van der Waals surface area (Å²) in [6, 6.07) is 7.44. The molecule has 0 radical (unpaired) electrons. The lowest BCUT2D eigenvalue weighted by Crippen LogP contribution is -2.27. The van der Waals surface area contributed by atoms with Crippen molar-refractivity contribution < 1.29 is 24.6 Å². The Morgan fingerprint density at radius 1 is 1.19 bits per heavy atom. The number of hydrogen-bond donors (Lipinski definition) is 1. The number of allylic oxidation sites excluding steroid dienone is 3. The molecule has 208 valence electrons. The summed E-state index contributed by atoms with van der Waals surface area (Å²) >= 11 is 5.87. The molecule has 0 aromatic heterocycles. The van der Waals surface area contributed by atoms with Crippen molar-refractivity contribution in [3.8, 4) is 5.75 Å². The maximum absolute atomic E-state index is 11.7. The minimum absolute atomic E-state index is 0.0941. The third kappa shape index (κ3) is 17.5. The van der Waals surface area contributed by atoms with Crippen LogP contribution in [-0.4, -0.2) is 53.9 Å². The van der Waals surface area contributed by atoms with Crippen LogP contribution in [0.15, 0.2) is 48.6 Å². The van der Waals surface area contributed by atoms with Crippen molar-refractivity contribution in [1.82, 2.24) is 4.90 Å². The van der Waals surface area contributed by atoms with Gasteiger partial charge in [0.25, 0.3) is 5.09 Å². The topological polar surface area (TPSA) is 102 Å². The van der Waals surface area contributed by atoms with E-state index in [1.54, 1.807) is 11.9 Å². The number of rotatable bonds is 16. The molecule has 8 nitrogen and oxygen atoms in total. The molecule has 0 spiro atoms. The van der Waals surface area contributed by atoms with E-state index in [2.05, 4.69) is 36.1 Å². The minimum atomic E-state index is -0.793. The summed E-state index contributed by atoms with van der Waals surface area (Å²) in [6.45, 7) is 3.45. The van der Waals surface area contributed by atoms with Crippen molar-refractivity contribution in [3.05, 3.63) is 63.7 Å². The van der Waals surface area contributed by atoms with Gasteiger partial charge in [0.05, 0.1) is 19.3 Å². The molecule has 1 aliphatic carbocycles. The quantitative estimate of drug-likeness (QED) is 0.113. The lowest BCUT2D eigenvalue weighted by molar-refractivity contribution is -0.757. The Labute approximate surface area is 226 Å². The van der Waals surface area contributed by atoms with Gasteiger partial charge in [-0.2, -0.15) is 0 Å². The first-order chi connectivity index (χ1) is 17.8. The van der Waals surface area contributed by atoms with E-state index in [9.17, 15) is 20.0 Å². The van der Waals surface area contributed by atoms with Crippen molar-refractivity contribution in [2.24, 2.45) is 5.92 Å². The van der Waals surface area contributed by atoms with Crippen molar-refractivity contribution in [3.63, 3.8) is 0 Å². The predicted octanol–water partition coefficient (Wildman–Crippen LogP) is 6.40. The van der Waals surface area contributed by atoms with Gasteiger partial charge in [0.2, 0.25) is 5.91 Å². The molecule has 37 heavy (non-hydrogen) atoms. The summed E-state index contributed by atoms with van der Waals surface area (Å²) in [5, 5.41) is 19.2. The fourth-order valence-corrected chi connectivity index (χ4v) is 4.00. The number of halogens is 1. The summed E-state index contributed by atoms with van der Waals surface area (Å²) in [4.78, 5) is 27.5. The van der Waals surface area contributed by atoms with E-state index >= 15 is 0 Å². The number of benzene rings is 1. The van der Waals surface area contributed by atoms with E-state index in [4.69, 9.17) is 16.3 Å². The molecule has 1 amide bonds. The number of unbranched alkanes of at least 4 members (excludes halogenated alkanes) is 2. The molecule has 1 unspecified atom stereocenters. The second-order valence-corrected chi connectivity index (χ2v) is 9.54. The van der Waals surface area contributed by atoms with Crippen molar-refractivity contribution in [2.45, 2.75) is 77.2 Å². The zero-order chi connectivity index (χ0) is 27.3. The molecule has 0 bridgehead atoms. The molecule has 2 rings (SSSR count). The van der Waals surface area contributed by atoms with E-state index in [1.807, 2.05) is 24.3 Å². The molecular weight excluding hydrogens is 496 g/mol. The van der Waals surface area contributed by atoms with Gasteiger partial charge >= 0.3 is 0 Å². The summed E-state index contributed by atoms with van der Waals surface area (Å²) in [5.41, 5.74) is 0. The molecule has 1 N–H and O–H groups in total. The van der Waals surface area contributed by atoms with E-state index in [-0.39, 0.29) is 18.6 Å². The van der Waals surface area contributed by atoms with Crippen LogP contribution >= 0.6 is 11.6 Å². The Hall–Kier alpha value is -2.58. The van der Waals surface area contributed by atoms with Gasteiger partial charge in [0.1, 0.15) is 5.75 Å². The van der Waals surface area contributed by atoms with Gasteiger partial charge in [-0.05, 0) is 81.9 Å². The van der Waals surface area contributed by atoms with Crippen LogP contribution in [0.4, 0.5) is 0 Å². The third-order valence-corrected chi connectivity index (χ3v) is 6.11. The van der Waals surface area contributed by atoms with Gasteiger partial charge in [0, 0.05) is 25.0 Å². The molecular formula is C28H43ClN2O6. The Kier molecular flexibility index (Phi) is 18.0. The van der Waals surface area contributed by atoms with Gasteiger partial charge < -0.3 is 19.6 Å². The monoisotopic (exact) mass is 538 g/mol. The van der Waals surface area contributed by atoms with E-state index < -0.39 is 5.09 Å². The highest BCUT2D eigenvalue weighted by atomic mass is 35.5. The van der Waals surface area contributed by atoms with Crippen molar-refractivity contribution >= 4 is 17.5 Å². The SMILES string of the molecule is CC/C=C\CCCC(=O)N(C)CCCCO[N+](=O)[O-].O[C@H]1CCC(/C=C/CCOc2cccc(Cl)c2)C1. The zero-order valence-corrected chi connectivity index (χ0v) is 23.0. The highest BCUT2D eigenvalue weighted by Crippen LogP contribution is 2.26. The number of nitrogens with zero attached hydrogens (tertiary/aromatic N) is 2. The van der Waals surface area contributed by atoms with Crippen LogP contribution < -0.4 is 4.74 Å². The number of ether oxygens (including phenoxy) is 1. The van der Waals surface area contributed by atoms with Crippen LogP contribution in [-0.2, 0) is 9.63 Å². The summed E-state index contributed by atoms with van der Waals surface area (Å²) in [6.07, 6.45) is 17.0. The lowest BCUT2D eigenvalue weighted by atomic mass is 10.1. The molecule has 9 heteroatoms. The van der Waals surface area contributed by atoms with Crippen LogP contribution in [0.5, 0.6) is 5.75 Å². The van der Waals surface area contributed by atoms with Crippen LogP contribution in [0.2, 0.25) is 5.02 Å². The van der Waals surface area contributed by atoms with Gasteiger partial charge in [-0.1, -0.05) is 48.9 Å². The molecule has 1 fully saturated rings.